The first-order valence-electron chi connectivity index (χ1n) is 6.10. The Morgan fingerprint density at radius 1 is 1.26 bits per heavy atom. The van der Waals surface area contributed by atoms with Gasteiger partial charge in [0.05, 0.1) is 19.3 Å². The summed E-state index contributed by atoms with van der Waals surface area (Å²) in [5.74, 6) is -0.790. The Morgan fingerprint density at radius 3 is 2.21 bits per heavy atom. The van der Waals surface area contributed by atoms with Gasteiger partial charge in [-0.2, -0.15) is 0 Å². The lowest BCUT2D eigenvalue weighted by Crippen LogP contribution is -2.54. The lowest BCUT2D eigenvalue weighted by Gasteiger charge is -2.32. The summed E-state index contributed by atoms with van der Waals surface area (Å²) in [5.41, 5.74) is -1.65. The molecule has 0 aliphatic carbocycles. The minimum absolute atomic E-state index is 0.0105. The van der Waals surface area contributed by atoms with Gasteiger partial charge in [0.15, 0.2) is 0 Å². The van der Waals surface area contributed by atoms with Crippen molar-refractivity contribution in [2.24, 2.45) is 0 Å². The van der Waals surface area contributed by atoms with E-state index < -0.39 is 17.1 Å². The molecule has 1 unspecified atom stereocenters. The first-order chi connectivity index (χ1) is 8.64. The van der Waals surface area contributed by atoms with E-state index in [1.165, 1.54) is 14.0 Å². The molecule has 0 aromatic carbocycles. The molecule has 0 bridgehead atoms. The molecule has 0 aromatic heterocycles. The summed E-state index contributed by atoms with van der Waals surface area (Å²) in [6.45, 7) is 6.86. The predicted molar refractivity (Wildman–Crippen MR) is 69.6 cm³/mol. The maximum atomic E-state index is 11.3. The van der Waals surface area contributed by atoms with Crippen molar-refractivity contribution < 1.29 is 23.9 Å². The molecule has 0 rings (SSSR count). The highest BCUT2D eigenvalue weighted by Gasteiger charge is 2.33. The number of aldehydes is 1. The number of hydrogen-bond donors (Lipinski definition) is 1. The van der Waals surface area contributed by atoms with E-state index in [0.717, 1.165) is 0 Å². The number of methoxy groups -OCH3 is 1. The van der Waals surface area contributed by atoms with Gasteiger partial charge >= 0.3 is 5.97 Å². The van der Waals surface area contributed by atoms with Gasteiger partial charge < -0.3 is 19.6 Å². The Hall–Kier alpha value is -1.43. The molecular weight excluding hydrogens is 250 g/mol. The van der Waals surface area contributed by atoms with Gasteiger partial charge in [-0.1, -0.05) is 0 Å². The van der Waals surface area contributed by atoms with Crippen molar-refractivity contribution in [2.75, 3.05) is 13.7 Å². The van der Waals surface area contributed by atoms with Crippen LogP contribution in [0.25, 0.3) is 0 Å². The summed E-state index contributed by atoms with van der Waals surface area (Å²) >= 11 is 0. The summed E-state index contributed by atoms with van der Waals surface area (Å²) < 4.78 is 10.1. The topological polar surface area (TPSA) is 81.7 Å². The van der Waals surface area contributed by atoms with Crippen molar-refractivity contribution in [2.45, 2.75) is 51.7 Å². The molecule has 1 amide bonds. The fourth-order valence-corrected chi connectivity index (χ4v) is 1.42. The monoisotopic (exact) mass is 273 g/mol. The fourth-order valence-electron chi connectivity index (χ4n) is 1.42. The maximum Gasteiger partial charge on any atom is 0.305 e. The molecule has 110 valence electrons. The minimum atomic E-state index is -1.20. The van der Waals surface area contributed by atoms with Crippen LogP contribution in [0.4, 0.5) is 0 Å². The highest BCUT2D eigenvalue weighted by atomic mass is 16.5. The van der Waals surface area contributed by atoms with Crippen molar-refractivity contribution in [3.63, 3.8) is 0 Å². The van der Waals surface area contributed by atoms with Gasteiger partial charge in [0.1, 0.15) is 11.8 Å². The van der Waals surface area contributed by atoms with Crippen molar-refractivity contribution in [3.8, 4) is 0 Å². The molecule has 0 spiro atoms. The van der Waals surface area contributed by atoms with Crippen molar-refractivity contribution in [1.29, 1.82) is 0 Å². The second kappa shape index (κ2) is 7.23. The third kappa shape index (κ3) is 7.56. The van der Waals surface area contributed by atoms with Crippen LogP contribution in [-0.2, 0) is 23.9 Å². The molecular formula is C13H23NO5. The van der Waals surface area contributed by atoms with Crippen LogP contribution in [-0.4, -0.2) is 43.0 Å². The Morgan fingerprint density at radius 2 is 1.84 bits per heavy atom. The number of carbonyl (C=O) groups excluding carboxylic acids is 3. The van der Waals surface area contributed by atoms with E-state index >= 15 is 0 Å². The number of ether oxygens (including phenoxy) is 2. The molecule has 0 fully saturated rings. The van der Waals surface area contributed by atoms with Crippen LogP contribution in [0, 0.1) is 0 Å². The fraction of sp³-hybridized carbons (Fsp3) is 0.769. The molecule has 1 atom stereocenters. The summed E-state index contributed by atoms with van der Waals surface area (Å²) in [6, 6.07) is 0. The predicted octanol–water partition coefficient (Wildman–Crippen LogP) is 0.828. The van der Waals surface area contributed by atoms with Crippen molar-refractivity contribution >= 4 is 18.2 Å². The van der Waals surface area contributed by atoms with E-state index in [-0.39, 0.29) is 25.4 Å². The molecule has 0 radical (unpaired) electrons. The molecule has 6 heteroatoms. The number of amides is 1. The number of esters is 1. The molecule has 19 heavy (non-hydrogen) atoms. The molecule has 0 aliphatic heterocycles. The van der Waals surface area contributed by atoms with Gasteiger partial charge in [-0.25, -0.2) is 0 Å². The van der Waals surface area contributed by atoms with Gasteiger partial charge in [-0.05, 0) is 27.2 Å². The zero-order chi connectivity index (χ0) is 15.1. The smallest absolute Gasteiger partial charge is 0.305 e. The van der Waals surface area contributed by atoms with Crippen LogP contribution < -0.4 is 5.32 Å². The zero-order valence-corrected chi connectivity index (χ0v) is 12.2. The lowest BCUT2D eigenvalue weighted by atomic mass is 9.95. The third-order valence-corrected chi connectivity index (χ3v) is 2.42. The molecule has 0 heterocycles. The summed E-state index contributed by atoms with van der Waals surface area (Å²) in [7, 11) is 1.27. The van der Waals surface area contributed by atoms with E-state index in [1.54, 1.807) is 0 Å². The Kier molecular flexibility index (Phi) is 6.69. The Balaban J connectivity index is 4.82. The van der Waals surface area contributed by atoms with Crippen molar-refractivity contribution in [1.82, 2.24) is 5.32 Å². The van der Waals surface area contributed by atoms with Crippen molar-refractivity contribution in [3.05, 3.63) is 0 Å². The quantitative estimate of drug-likeness (QED) is 0.549. The van der Waals surface area contributed by atoms with Gasteiger partial charge in [-0.3, -0.25) is 9.59 Å². The van der Waals surface area contributed by atoms with Gasteiger partial charge in [0, 0.05) is 13.3 Å². The van der Waals surface area contributed by atoms with Crippen LogP contribution in [0.15, 0.2) is 0 Å². The highest BCUT2D eigenvalue weighted by molar-refractivity contribution is 5.80. The number of carbonyl (C=O) groups is 3. The molecule has 0 aliphatic rings. The number of rotatable bonds is 7. The van der Waals surface area contributed by atoms with Gasteiger partial charge in [0.2, 0.25) is 5.91 Å². The minimum Gasteiger partial charge on any atom is -0.469 e. The largest absolute Gasteiger partial charge is 0.469 e. The van der Waals surface area contributed by atoms with E-state index in [9.17, 15) is 14.4 Å². The molecule has 0 aromatic rings. The van der Waals surface area contributed by atoms with Gasteiger partial charge in [0.25, 0.3) is 0 Å². The Labute approximate surface area is 113 Å². The SMILES string of the molecule is COC(=O)CCC(C=O)(COC(C)(C)C)NC(C)=O. The van der Waals surface area contributed by atoms with Gasteiger partial charge in [-0.15, -0.1) is 0 Å². The second-order valence-electron chi connectivity index (χ2n) is 5.43. The average molecular weight is 273 g/mol. The van der Waals surface area contributed by atoms with Crippen LogP contribution in [0.3, 0.4) is 0 Å². The molecule has 6 nitrogen and oxygen atoms in total. The maximum absolute atomic E-state index is 11.3. The van der Waals surface area contributed by atoms with Crippen LogP contribution >= 0.6 is 0 Å². The molecule has 0 saturated carbocycles. The summed E-state index contributed by atoms with van der Waals surface area (Å²) in [6.07, 6.45) is 0.783. The zero-order valence-electron chi connectivity index (χ0n) is 12.2. The summed E-state index contributed by atoms with van der Waals surface area (Å²) in [4.78, 5) is 33.7. The normalized spacial score (nSPS) is 14.4. The van der Waals surface area contributed by atoms with E-state index in [0.29, 0.717) is 6.29 Å². The number of hydrogen-bond acceptors (Lipinski definition) is 5. The molecule has 0 saturated heterocycles. The first-order valence-corrected chi connectivity index (χ1v) is 6.10. The summed E-state index contributed by atoms with van der Waals surface area (Å²) in [5, 5.41) is 2.56. The Bertz CT molecular complexity index is 334. The van der Waals surface area contributed by atoms with Crippen LogP contribution in [0.5, 0.6) is 0 Å². The first kappa shape index (κ1) is 17.6. The lowest BCUT2D eigenvalue weighted by molar-refractivity contribution is -0.142. The standard InChI is InChI=1S/C13H23NO5/c1-10(16)14-13(8-15,7-6-11(17)18-5)9-19-12(2,3)4/h8H,6-7,9H2,1-5H3,(H,14,16). The van der Waals surface area contributed by atoms with E-state index in [4.69, 9.17) is 4.74 Å². The average Bonchev–Trinajstić information content (AvgIpc) is 2.31. The van der Waals surface area contributed by atoms with Crippen LogP contribution in [0.2, 0.25) is 0 Å². The van der Waals surface area contributed by atoms with Crippen LogP contribution in [0.1, 0.15) is 40.5 Å². The molecule has 1 N–H and O–H groups in total. The van der Waals surface area contributed by atoms with E-state index in [2.05, 4.69) is 10.1 Å². The second-order valence-corrected chi connectivity index (χ2v) is 5.43. The highest BCUT2D eigenvalue weighted by Crippen LogP contribution is 2.17. The number of nitrogens with one attached hydrogen (secondary N) is 1. The van der Waals surface area contributed by atoms with E-state index in [1.807, 2.05) is 20.8 Å². The third-order valence-electron chi connectivity index (χ3n) is 2.42.